The SMILES string of the molecule is COC(=O)Nc1ccc(-c2nc(C3CCc4cc(-c5cc(Cl)ccc5-n5cnnn5)cc(=O)n43)[nH]c2C)cc1. The zero-order valence-corrected chi connectivity index (χ0v) is 21.8. The molecule has 0 saturated heterocycles. The lowest BCUT2D eigenvalue weighted by Crippen LogP contribution is -2.24. The number of hydrogen-bond acceptors (Lipinski definition) is 7. The highest BCUT2D eigenvalue weighted by molar-refractivity contribution is 6.31. The summed E-state index contributed by atoms with van der Waals surface area (Å²) in [6.45, 7) is 1.95. The number of benzene rings is 2. The first-order valence-electron chi connectivity index (χ1n) is 12.2. The number of amides is 1. The molecule has 0 fully saturated rings. The van der Waals surface area contributed by atoms with Gasteiger partial charge in [-0.05, 0) is 72.2 Å². The number of carbonyl (C=O) groups excluding carboxylic acids is 1. The Morgan fingerprint density at radius 2 is 1.95 bits per heavy atom. The van der Waals surface area contributed by atoms with E-state index in [9.17, 15) is 9.59 Å². The van der Waals surface area contributed by atoms with Crippen molar-refractivity contribution in [1.29, 1.82) is 0 Å². The number of rotatable bonds is 5. The molecule has 39 heavy (non-hydrogen) atoms. The van der Waals surface area contributed by atoms with Crippen molar-refractivity contribution in [1.82, 2.24) is 34.7 Å². The van der Waals surface area contributed by atoms with Gasteiger partial charge in [-0.3, -0.25) is 10.1 Å². The number of pyridine rings is 1. The van der Waals surface area contributed by atoms with Gasteiger partial charge in [0.2, 0.25) is 0 Å². The third-order valence-electron chi connectivity index (χ3n) is 6.81. The van der Waals surface area contributed by atoms with Crippen LogP contribution in [0.1, 0.15) is 29.7 Å². The highest BCUT2D eigenvalue weighted by Gasteiger charge is 2.29. The zero-order chi connectivity index (χ0) is 27.1. The zero-order valence-electron chi connectivity index (χ0n) is 21.1. The quantitative estimate of drug-likeness (QED) is 0.332. The number of imidazole rings is 1. The van der Waals surface area contributed by atoms with Crippen LogP contribution in [0.3, 0.4) is 0 Å². The molecule has 0 radical (unpaired) electrons. The summed E-state index contributed by atoms with van der Waals surface area (Å²) in [5, 5.41) is 14.6. The number of tetrazole rings is 1. The van der Waals surface area contributed by atoms with Gasteiger partial charge in [0, 0.05) is 39.3 Å². The van der Waals surface area contributed by atoms with Gasteiger partial charge < -0.3 is 14.3 Å². The fraction of sp³-hybridized carbons (Fsp3) is 0.185. The van der Waals surface area contributed by atoms with Crippen LogP contribution in [0.15, 0.2) is 65.7 Å². The number of aryl methyl sites for hydroxylation is 2. The van der Waals surface area contributed by atoms with Gasteiger partial charge in [-0.2, -0.15) is 4.68 Å². The van der Waals surface area contributed by atoms with E-state index in [4.69, 9.17) is 16.6 Å². The number of hydrogen-bond donors (Lipinski definition) is 2. The monoisotopic (exact) mass is 542 g/mol. The molecule has 0 spiro atoms. The molecule has 4 heterocycles. The number of aromatic amines is 1. The highest BCUT2D eigenvalue weighted by Crippen LogP contribution is 2.35. The summed E-state index contributed by atoms with van der Waals surface area (Å²) in [6.07, 6.45) is 2.43. The van der Waals surface area contributed by atoms with E-state index in [0.29, 0.717) is 10.7 Å². The fourth-order valence-electron chi connectivity index (χ4n) is 5.02. The van der Waals surface area contributed by atoms with Crippen molar-refractivity contribution < 1.29 is 9.53 Å². The van der Waals surface area contributed by atoms with Crippen LogP contribution < -0.4 is 10.9 Å². The molecule has 196 valence electrons. The number of fused-ring (bicyclic) bond motifs is 1. The molecule has 12 heteroatoms. The van der Waals surface area contributed by atoms with E-state index in [0.717, 1.165) is 58.1 Å². The minimum atomic E-state index is -0.531. The van der Waals surface area contributed by atoms with Gasteiger partial charge in [-0.1, -0.05) is 23.7 Å². The molecular formula is C27H23ClN8O3. The van der Waals surface area contributed by atoms with E-state index >= 15 is 0 Å². The number of H-pyrrole nitrogens is 1. The summed E-state index contributed by atoms with van der Waals surface area (Å²) in [4.78, 5) is 33.2. The van der Waals surface area contributed by atoms with E-state index in [1.54, 1.807) is 33.5 Å². The summed E-state index contributed by atoms with van der Waals surface area (Å²) < 4.78 is 7.99. The van der Waals surface area contributed by atoms with Crippen LogP contribution in [-0.2, 0) is 11.2 Å². The predicted molar refractivity (Wildman–Crippen MR) is 145 cm³/mol. The van der Waals surface area contributed by atoms with E-state index < -0.39 is 6.09 Å². The molecule has 0 saturated carbocycles. The summed E-state index contributed by atoms with van der Waals surface area (Å²) in [5.41, 5.74) is 6.22. The number of aromatic nitrogens is 7. The Morgan fingerprint density at radius 3 is 2.69 bits per heavy atom. The van der Waals surface area contributed by atoms with E-state index in [1.165, 1.54) is 13.4 Å². The van der Waals surface area contributed by atoms with Gasteiger partial charge in [0.15, 0.2) is 0 Å². The van der Waals surface area contributed by atoms with Gasteiger partial charge in [0.25, 0.3) is 5.56 Å². The Bertz CT molecular complexity index is 1740. The Morgan fingerprint density at radius 1 is 1.13 bits per heavy atom. The smallest absolute Gasteiger partial charge is 0.411 e. The highest BCUT2D eigenvalue weighted by atomic mass is 35.5. The number of nitrogens with zero attached hydrogens (tertiary/aromatic N) is 6. The standard InChI is InChI=1S/C27H23ClN8O3/c1-15-25(16-3-6-19(7-4-16)31-27(38)39-2)32-26(30-15)23-10-8-20-11-17(12-24(37)36(20)23)21-13-18(28)5-9-22(21)35-14-29-33-34-35/h3-7,9,11-14,23H,8,10H2,1-2H3,(H,30,32)(H,31,38). The molecule has 1 aliphatic rings. The molecule has 11 nitrogen and oxygen atoms in total. The summed E-state index contributed by atoms with van der Waals surface area (Å²) in [5.74, 6) is 0.727. The number of nitrogens with one attached hydrogen (secondary N) is 2. The number of ether oxygens (including phenoxy) is 1. The third-order valence-corrected chi connectivity index (χ3v) is 7.04. The number of halogens is 1. The molecule has 3 aromatic heterocycles. The van der Waals surface area contributed by atoms with Gasteiger partial charge in [-0.15, -0.1) is 5.10 Å². The molecule has 1 unspecified atom stereocenters. The van der Waals surface area contributed by atoms with Gasteiger partial charge in [-0.25, -0.2) is 9.78 Å². The summed E-state index contributed by atoms with van der Waals surface area (Å²) in [7, 11) is 1.32. The van der Waals surface area contributed by atoms with E-state index in [1.807, 2.05) is 37.3 Å². The van der Waals surface area contributed by atoms with Crippen LogP contribution in [0.4, 0.5) is 10.5 Å². The molecule has 2 aromatic carbocycles. The largest absolute Gasteiger partial charge is 0.453 e. The minimum Gasteiger partial charge on any atom is -0.453 e. The van der Waals surface area contributed by atoms with Gasteiger partial charge in [0.1, 0.15) is 12.2 Å². The normalized spacial score (nSPS) is 14.3. The van der Waals surface area contributed by atoms with Crippen LogP contribution in [0, 0.1) is 6.92 Å². The van der Waals surface area contributed by atoms with Crippen LogP contribution in [0.2, 0.25) is 5.02 Å². The Hall–Kier alpha value is -4.77. The first-order valence-corrected chi connectivity index (χ1v) is 12.6. The van der Waals surface area contributed by atoms with Crippen molar-refractivity contribution in [3.8, 4) is 28.1 Å². The summed E-state index contributed by atoms with van der Waals surface area (Å²) in [6, 6.07) is 16.2. The molecule has 6 rings (SSSR count). The van der Waals surface area contributed by atoms with Crippen molar-refractivity contribution in [3.05, 3.63) is 93.5 Å². The predicted octanol–water partition coefficient (Wildman–Crippen LogP) is 4.56. The van der Waals surface area contributed by atoms with Crippen molar-refractivity contribution in [2.45, 2.75) is 25.8 Å². The molecule has 0 aliphatic carbocycles. The number of carbonyl (C=O) groups is 1. The topological polar surface area (TPSA) is 133 Å². The molecule has 5 aromatic rings. The summed E-state index contributed by atoms with van der Waals surface area (Å²) >= 11 is 6.31. The maximum absolute atomic E-state index is 13.5. The maximum Gasteiger partial charge on any atom is 0.411 e. The molecule has 0 bridgehead atoms. The van der Waals surface area contributed by atoms with Crippen molar-refractivity contribution in [3.63, 3.8) is 0 Å². The Labute approximate surface area is 227 Å². The molecule has 2 N–H and O–H groups in total. The van der Waals surface area contributed by atoms with Gasteiger partial charge >= 0.3 is 6.09 Å². The average Bonchev–Trinajstić information content (AvgIpc) is 3.69. The minimum absolute atomic E-state index is 0.124. The fourth-order valence-corrected chi connectivity index (χ4v) is 5.20. The molecule has 1 amide bonds. The van der Waals surface area contributed by atoms with Crippen LogP contribution in [0.25, 0.3) is 28.1 Å². The maximum atomic E-state index is 13.5. The Kier molecular flexibility index (Phi) is 6.20. The molecule has 1 aliphatic heterocycles. The molecular weight excluding hydrogens is 520 g/mol. The average molecular weight is 543 g/mol. The van der Waals surface area contributed by atoms with Crippen LogP contribution in [0.5, 0.6) is 0 Å². The van der Waals surface area contributed by atoms with E-state index in [-0.39, 0.29) is 11.6 Å². The second-order valence-corrected chi connectivity index (χ2v) is 9.64. The van der Waals surface area contributed by atoms with Crippen LogP contribution in [-0.4, -0.2) is 47.9 Å². The second kappa shape index (κ2) is 9.84. The van der Waals surface area contributed by atoms with Crippen LogP contribution >= 0.6 is 11.6 Å². The van der Waals surface area contributed by atoms with Crippen molar-refractivity contribution in [2.75, 3.05) is 12.4 Å². The lowest BCUT2D eigenvalue weighted by molar-refractivity contribution is 0.187. The first-order chi connectivity index (χ1) is 18.9. The first kappa shape index (κ1) is 24.6. The third kappa shape index (κ3) is 4.57. The number of anilines is 1. The van der Waals surface area contributed by atoms with Crippen molar-refractivity contribution in [2.24, 2.45) is 0 Å². The lowest BCUT2D eigenvalue weighted by atomic mass is 10.0. The van der Waals surface area contributed by atoms with Gasteiger partial charge in [0.05, 0.1) is 24.5 Å². The second-order valence-electron chi connectivity index (χ2n) is 9.20. The number of methoxy groups -OCH3 is 1. The van der Waals surface area contributed by atoms with E-state index in [2.05, 4.69) is 30.6 Å². The lowest BCUT2D eigenvalue weighted by Gasteiger charge is -2.15. The van der Waals surface area contributed by atoms with Crippen molar-refractivity contribution >= 4 is 23.4 Å². The Balaban J connectivity index is 1.33. The molecule has 1 atom stereocenters.